The van der Waals surface area contributed by atoms with Gasteiger partial charge in [0.05, 0.1) is 0 Å². The molecule has 0 saturated carbocycles. The Bertz CT molecular complexity index is 347. The first-order valence-corrected chi connectivity index (χ1v) is 4.64. The van der Waals surface area contributed by atoms with Gasteiger partial charge >= 0.3 is 0 Å². The fourth-order valence-corrected chi connectivity index (χ4v) is 1.22. The van der Waals surface area contributed by atoms with Crippen molar-refractivity contribution in [1.29, 1.82) is 0 Å². The molecule has 1 N–H and O–H groups in total. The number of ketones is 1. The zero-order valence-electron chi connectivity index (χ0n) is 8.45. The molecule has 0 fully saturated rings. The summed E-state index contributed by atoms with van der Waals surface area (Å²) in [5.74, 6) is 0.337. The number of carbonyl (C=O) groups excluding carboxylic acids is 1. The van der Waals surface area contributed by atoms with E-state index in [4.69, 9.17) is 5.11 Å². The second-order valence-corrected chi connectivity index (χ2v) is 3.17. The van der Waals surface area contributed by atoms with E-state index in [0.29, 0.717) is 0 Å². The summed E-state index contributed by atoms with van der Waals surface area (Å²) in [5, 5.41) is 9.07. The number of rotatable bonds is 3. The lowest BCUT2D eigenvalue weighted by Gasteiger charge is -1.99. The summed E-state index contributed by atoms with van der Waals surface area (Å²) in [4.78, 5) is 11.1. The highest BCUT2D eigenvalue weighted by atomic mass is 16.3. The number of allylic oxidation sites excluding steroid dienone is 1. The number of hydrogen-bond donors (Lipinski definition) is 1. The maximum Gasteiger partial charge on any atom is 0.155 e. The lowest BCUT2D eigenvalue weighted by Crippen LogP contribution is -1.94. The maximum atomic E-state index is 11.1. The van der Waals surface area contributed by atoms with Crippen molar-refractivity contribution in [3.63, 3.8) is 0 Å². The molecule has 0 aliphatic carbocycles. The lowest BCUT2D eigenvalue weighted by atomic mass is 10.1. The number of carbonyl (C=O) groups is 1. The van der Waals surface area contributed by atoms with E-state index >= 15 is 0 Å². The molecule has 1 aromatic rings. The Kier molecular flexibility index (Phi) is 3.46. The van der Waals surface area contributed by atoms with Gasteiger partial charge in [-0.15, -0.1) is 0 Å². The topological polar surface area (TPSA) is 37.3 Å². The van der Waals surface area contributed by atoms with Crippen LogP contribution in [0.2, 0.25) is 0 Å². The number of hydrogen-bond acceptors (Lipinski definition) is 2. The maximum absolute atomic E-state index is 11.1. The Hall–Kier alpha value is -1.57. The van der Waals surface area contributed by atoms with E-state index in [0.717, 1.165) is 17.6 Å². The molecule has 0 aliphatic heterocycles. The van der Waals surface area contributed by atoms with Crippen LogP contribution in [0.4, 0.5) is 0 Å². The van der Waals surface area contributed by atoms with Gasteiger partial charge in [-0.05, 0) is 42.7 Å². The minimum atomic E-state index is 0.0978. The molecule has 0 spiro atoms. The van der Waals surface area contributed by atoms with Crippen LogP contribution in [0.5, 0.6) is 5.75 Å². The van der Waals surface area contributed by atoms with Gasteiger partial charge in [-0.2, -0.15) is 0 Å². The molecule has 0 heterocycles. The predicted octanol–water partition coefficient (Wildman–Crippen LogP) is 2.77. The van der Waals surface area contributed by atoms with Crippen LogP contribution in [0, 0.1) is 0 Å². The Morgan fingerprint density at radius 3 is 2.36 bits per heavy atom. The van der Waals surface area contributed by atoms with Crippen LogP contribution in [-0.2, 0) is 4.79 Å². The summed E-state index contributed by atoms with van der Waals surface area (Å²) >= 11 is 0. The van der Waals surface area contributed by atoms with Crippen LogP contribution >= 0.6 is 0 Å². The van der Waals surface area contributed by atoms with Gasteiger partial charge in [-0.3, -0.25) is 4.79 Å². The normalized spacial score (nSPS) is 11.4. The van der Waals surface area contributed by atoms with Crippen LogP contribution in [0.1, 0.15) is 25.8 Å². The van der Waals surface area contributed by atoms with E-state index in [9.17, 15) is 4.79 Å². The van der Waals surface area contributed by atoms with Gasteiger partial charge in [-0.25, -0.2) is 0 Å². The number of aromatic hydroxyl groups is 1. The Labute approximate surface area is 83.9 Å². The largest absolute Gasteiger partial charge is 0.508 e. The number of benzene rings is 1. The van der Waals surface area contributed by atoms with Crippen molar-refractivity contribution in [1.82, 2.24) is 0 Å². The van der Waals surface area contributed by atoms with E-state index < -0.39 is 0 Å². The summed E-state index contributed by atoms with van der Waals surface area (Å²) in [5.41, 5.74) is 1.74. The lowest BCUT2D eigenvalue weighted by molar-refractivity contribution is -0.113. The summed E-state index contributed by atoms with van der Waals surface area (Å²) in [6.45, 7) is 3.52. The van der Waals surface area contributed by atoms with Crippen molar-refractivity contribution >= 4 is 11.9 Å². The van der Waals surface area contributed by atoms with E-state index in [1.165, 1.54) is 0 Å². The van der Waals surface area contributed by atoms with Crippen molar-refractivity contribution in [3.05, 3.63) is 35.4 Å². The monoisotopic (exact) mass is 190 g/mol. The second kappa shape index (κ2) is 4.61. The second-order valence-electron chi connectivity index (χ2n) is 3.17. The first kappa shape index (κ1) is 10.5. The van der Waals surface area contributed by atoms with Gasteiger partial charge < -0.3 is 5.11 Å². The average molecular weight is 190 g/mol. The molecule has 0 unspecified atom stereocenters. The molecule has 0 bridgehead atoms. The smallest absolute Gasteiger partial charge is 0.155 e. The molecule has 2 heteroatoms. The quantitative estimate of drug-likeness (QED) is 0.744. The highest BCUT2D eigenvalue weighted by Gasteiger charge is 2.00. The van der Waals surface area contributed by atoms with Gasteiger partial charge in [0.15, 0.2) is 5.78 Å². The first-order valence-electron chi connectivity index (χ1n) is 4.64. The van der Waals surface area contributed by atoms with Crippen molar-refractivity contribution in [2.45, 2.75) is 20.3 Å². The van der Waals surface area contributed by atoms with Crippen molar-refractivity contribution in [3.8, 4) is 5.75 Å². The zero-order valence-corrected chi connectivity index (χ0v) is 8.45. The molecule has 74 valence electrons. The molecular weight excluding hydrogens is 176 g/mol. The molecule has 0 aliphatic rings. The van der Waals surface area contributed by atoms with Crippen LogP contribution in [0.3, 0.4) is 0 Å². The molecular formula is C12H14O2. The molecule has 14 heavy (non-hydrogen) atoms. The zero-order chi connectivity index (χ0) is 10.6. The summed E-state index contributed by atoms with van der Waals surface area (Å²) < 4.78 is 0. The number of Topliss-reactive ketones (excluding diaryl/α,β-unsaturated/α-hetero) is 1. The van der Waals surface area contributed by atoms with Gasteiger partial charge in [-0.1, -0.05) is 19.1 Å². The average Bonchev–Trinajstić information content (AvgIpc) is 2.16. The highest BCUT2D eigenvalue weighted by Crippen LogP contribution is 2.14. The molecule has 0 aromatic heterocycles. The third kappa shape index (κ3) is 2.73. The van der Waals surface area contributed by atoms with Gasteiger partial charge in [0, 0.05) is 0 Å². The first-order chi connectivity index (χ1) is 6.63. The van der Waals surface area contributed by atoms with E-state index in [2.05, 4.69) is 0 Å². The Morgan fingerprint density at radius 2 is 1.93 bits per heavy atom. The van der Waals surface area contributed by atoms with Crippen LogP contribution in [0.15, 0.2) is 29.8 Å². The van der Waals surface area contributed by atoms with Crippen LogP contribution in [-0.4, -0.2) is 10.9 Å². The standard InChI is InChI=1S/C12H14O2/c1-3-11(9(2)13)8-10-4-6-12(14)7-5-10/h4-8,14H,3H2,1-2H3/b11-8+. The number of phenolic OH excluding ortho intramolecular Hbond substituents is 1. The fraction of sp³-hybridized carbons (Fsp3) is 0.250. The summed E-state index contributed by atoms with van der Waals surface area (Å²) in [6.07, 6.45) is 2.58. The van der Waals surface area contributed by atoms with Gasteiger partial charge in [0.25, 0.3) is 0 Å². The molecule has 1 rings (SSSR count). The van der Waals surface area contributed by atoms with Crippen molar-refractivity contribution in [2.75, 3.05) is 0 Å². The summed E-state index contributed by atoms with van der Waals surface area (Å²) in [6, 6.07) is 6.79. The van der Waals surface area contributed by atoms with Crippen molar-refractivity contribution in [2.24, 2.45) is 0 Å². The molecule has 1 aromatic carbocycles. The highest BCUT2D eigenvalue weighted by molar-refractivity contribution is 5.97. The van der Waals surface area contributed by atoms with Crippen LogP contribution < -0.4 is 0 Å². The van der Waals surface area contributed by atoms with Gasteiger partial charge in [0.1, 0.15) is 5.75 Å². The van der Waals surface area contributed by atoms with E-state index in [1.807, 2.05) is 13.0 Å². The molecule has 2 nitrogen and oxygen atoms in total. The third-order valence-corrected chi connectivity index (χ3v) is 2.07. The van der Waals surface area contributed by atoms with Crippen LogP contribution in [0.25, 0.3) is 6.08 Å². The predicted molar refractivity (Wildman–Crippen MR) is 57.1 cm³/mol. The van der Waals surface area contributed by atoms with E-state index in [-0.39, 0.29) is 11.5 Å². The fourth-order valence-electron chi connectivity index (χ4n) is 1.22. The molecule has 0 radical (unpaired) electrons. The minimum absolute atomic E-state index is 0.0978. The third-order valence-electron chi connectivity index (χ3n) is 2.07. The van der Waals surface area contributed by atoms with E-state index in [1.54, 1.807) is 31.2 Å². The Morgan fingerprint density at radius 1 is 1.36 bits per heavy atom. The van der Waals surface area contributed by atoms with Crippen molar-refractivity contribution < 1.29 is 9.90 Å². The van der Waals surface area contributed by atoms with Gasteiger partial charge in [0.2, 0.25) is 0 Å². The molecule has 0 atom stereocenters. The number of phenols is 1. The Balaban J connectivity index is 2.95. The molecule has 0 amide bonds. The summed E-state index contributed by atoms with van der Waals surface area (Å²) in [7, 11) is 0. The SMILES string of the molecule is CC/C(=C\c1ccc(O)cc1)C(C)=O. The molecule has 0 saturated heterocycles. The minimum Gasteiger partial charge on any atom is -0.508 e.